The Hall–Kier alpha value is -1.66. The van der Waals surface area contributed by atoms with E-state index in [-0.39, 0.29) is 5.91 Å². The quantitative estimate of drug-likeness (QED) is 0.745. The van der Waals surface area contributed by atoms with Gasteiger partial charge in [-0.2, -0.15) is 5.10 Å². The number of carbonyl (C=O) groups excluding carboxylic acids is 1. The molecule has 0 aliphatic heterocycles. The molecule has 24 heavy (non-hydrogen) atoms. The van der Waals surface area contributed by atoms with Crippen LogP contribution >= 0.6 is 15.9 Å². The van der Waals surface area contributed by atoms with Gasteiger partial charge in [0, 0.05) is 22.3 Å². The molecule has 1 aromatic carbocycles. The maximum absolute atomic E-state index is 12.6. The van der Waals surface area contributed by atoms with Crippen LogP contribution in [-0.4, -0.2) is 35.8 Å². The number of hydrogen-bond donors (Lipinski definition) is 2. The number of rotatable bonds is 6. The number of fused-ring (bicyclic) bond motifs is 1. The highest BCUT2D eigenvalue weighted by atomic mass is 79.9. The summed E-state index contributed by atoms with van der Waals surface area (Å²) in [6, 6.07) is 8.06. The molecule has 2 aromatic rings. The third-order valence-corrected chi connectivity index (χ3v) is 4.88. The molecule has 1 amide bonds. The molecule has 0 saturated heterocycles. The number of amides is 1. The van der Waals surface area contributed by atoms with Crippen LogP contribution in [0.1, 0.15) is 41.0 Å². The Morgan fingerprint density at radius 2 is 1.96 bits per heavy atom. The first-order valence-electron chi connectivity index (χ1n) is 8.50. The van der Waals surface area contributed by atoms with Crippen molar-refractivity contribution in [2.24, 2.45) is 0 Å². The third kappa shape index (κ3) is 3.70. The average molecular weight is 391 g/mol. The number of carbonyl (C=O) groups is 1. The van der Waals surface area contributed by atoms with Gasteiger partial charge < -0.3 is 10.6 Å². The molecule has 0 unspecified atom stereocenters. The summed E-state index contributed by atoms with van der Waals surface area (Å²) < 4.78 is 2.98. The molecule has 1 aliphatic carbocycles. The molecule has 5 nitrogen and oxygen atoms in total. The maximum atomic E-state index is 12.6. The van der Waals surface area contributed by atoms with Crippen molar-refractivity contribution in [1.29, 1.82) is 0 Å². The van der Waals surface area contributed by atoms with Crippen LogP contribution in [0.2, 0.25) is 0 Å². The SMILES string of the molecule is CNCCCNC(=O)c1nn(-c2ccc(Br)cc2)c2c1CCCC2. The average Bonchev–Trinajstić information content (AvgIpc) is 2.99. The highest BCUT2D eigenvalue weighted by Crippen LogP contribution is 2.27. The summed E-state index contributed by atoms with van der Waals surface area (Å²) in [5.41, 5.74) is 3.90. The van der Waals surface area contributed by atoms with Gasteiger partial charge in [0.15, 0.2) is 5.69 Å². The van der Waals surface area contributed by atoms with Crippen molar-refractivity contribution in [3.63, 3.8) is 0 Å². The molecule has 1 aromatic heterocycles. The van der Waals surface area contributed by atoms with E-state index in [0.717, 1.165) is 54.4 Å². The van der Waals surface area contributed by atoms with E-state index < -0.39 is 0 Å². The number of benzene rings is 1. The summed E-state index contributed by atoms with van der Waals surface area (Å²) in [4.78, 5) is 12.6. The van der Waals surface area contributed by atoms with Crippen molar-refractivity contribution in [3.05, 3.63) is 45.7 Å². The lowest BCUT2D eigenvalue weighted by atomic mass is 9.95. The lowest BCUT2D eigenvalue weighted by Crippen LogP contribution is -2.28. The molecule has 0 spiro atoms. The molecular weight excluding hydrogens is 368 g/mol. The Kier molecular flexibility index (Phi) is 5.68. The van der Waals surface area contributed by atoms with Crippen LogP contribution in [0.5, 0.6) is 0 Å². The molecule has 3 rings (SSSR count). The second-order valence-corrected chi connectivity index (χ2v) is 7.00. The first-order valence-corrected chi connectivity index (χ1v) is 9.29. The van der Waals surface area contributed by atoms with E-state index in [2.05, 4.69) is 31.7 Å². The van der Waals surface area contributed by atoms with E-state index in [4.69, 9.17) is 0 Å². The molecule has 1 heterocycles. The standard InChI is InChI=1S/C18H23BrN4O/c1-20-11-4-12-21-18(24)17-15-5-2-3-6-16(15)23(22-17)14-9-7-13(19)8-10-14/h7-10,20H,2-6,11-12H2,1H3,(H,21,24). The normalized spacial score (nSPS) is 13.6. The minimum absolute atomic E-state index is 0.0554. The molecule has 2 N–H and O–H groups in total. The molecule has 0 bridgehead atoms. The number of hydrogen-bond acceptors (Lipinski definition) is 3. The second kappa shape index (κ2) is 7.94. The number of nitrogens with one attached hydrogen (secondary N) is 2. The fraction of sp³-hybridized carbons (Fsp3) is 0.444. The summed E-state index contributed by atoms with van der Waals surface area (Å²) in [5, 5.41) is 10.7. The van der Waals surface area contributed by atoms with Crippen LogP contribution in [0, 0.1) is 0 Å². The van der Waals surface area contributed by atoms with Gasteiger partial charge in [-0.25, -0.2) is 4.68 Å². The van der Waals surface area contributed by atoms with E-state index >= 15 is 0 Å². The Bertz CT molecular complexity index is 709. The van der Waals surface area contributed by atoms with E-state index in [1.54, 1.807) is 0 Å². The third-order valence-electron chi connectivity index (χ3n) is 4.36. The fourth-order valence-electron chi connectivity index (χ4n) is 3.13. The highest BCUT2D eigenvalue weighted by molar-refractivity contribution is 9.10. The Balaban J connectivity index is 1.87. The van der Waals surface area contributed by atoms with Gasteiger partial charge in [-0.15, -0.1) is 0 Å². The van der Waals surface area contributed by atoms with Gasteiger partial charge in [0.05, 0.1) is 5.69 Å². The van der Waals surface area contributed by atoms with Crippen LogP contribution in [-0.2, 0) is 12.8 Å². The van der Waals surface area contributed by atoms with Gasteiger partial charge in [0.1, 0.15) is 0 Å². The fourth-order valence-corrected chi connectivity index (χ4v) is 3.39. The van der Waals surface area contributed by atoms with E-state index in [1.165, 1.54) is 5.69 Å². The van der Waals surface area contributed by atoms with Crippen LogP contribution in [0.3, 0.4) is 0 Å². The minimum atomic E-state index is -0.0554. The Morgan fingerprint density at radius 3 is 2.71 bits per heavy atom. The summed E-state index contributed by atoms with van der Waals surface area (Å²) in [6.07, 6.45) is 5.10. The van der Waals surface area contributed by atoms with Crippen molar-refractivity contribution < 1.29 is 4.79 Å². The van der Waals surface area contributed by atoms with Crippen molar-refractivity contribution >= 4 is 21.8 Å². The van der Waals surface area contributed by atoms with E-state index in [1.807, 2.05) is 36.0 Å². The summed E-state index contributed by atoms with van der Waals surface area (Å²) in [7, 11) is 1.91. The van der Waals surface area contributed by atoms with Gasteiger partial charge in [0.25, 0.3) is 5.91 Å². The van der Waals surface area contributed by atoms with Crippen LogP contribution < -0.4 is 10.6 Å². The summed E-state index contributed by atoms with van der Waals surface area (Å²) in [5.74, 6) is -0.0554. The van der Waals surface area contributed by atoms with Gasteiger partial charge in [0.2, 0.25) is 0 Å². The van der Waals surface area contributed by atoms with Gasteiger partial charge in [-0.1, -0.05) is 15.9 Å². The largest absolute Gasteiger partial charge is 0.351 e. The number of halogens is 1. The molecular formula is C18H23BrN4O. The Morgan fingerprint density at radius 1 is 1.21 bits per heavy atom. The van der Waals surface area contributed by atoms with Crippen LogP contribution in [0.25, 0.3) is 5.69 Å². The van der Waals surface area contributed by atoms with Crippen molar-refractivity contribution in [2.45, 2.75) is 32.1 Å². The van der Waals surface area contributed by atoms with Crippen molar-refractivity contribution in [2.75, 3.05) is 20.1 Å². The predicted molar refractivity (Wildman–Crippen MR) is 98.8 cm³/mol. The second-order valence-electron chi connectivity index (χ2n) is 6.08. The summed E-state index contributed by atoms with van der Waals surface area (Å²) in [6.45, 7) is 1.56. The zero-order chi connectivity index (χ0) is 16.9. The van der Waals surface area contributed by atoms with Gasteiger partial charge in [-0.05, 0) is 70.0 Å². The lowest BCUT2D eigenvalue weighted by Gasteiger charge is -2.14. The molecule has 6 heteroatoms. The van der Waals surface area contributed by atoms with E-state index in [0.29, 0.717) is 12.2 Å². The zero-order valence-electron chi connectivity index (χ0n) is 13.9. The first-order chi connectivity index (χ1) is 11.7. The zero-order valence-corrected chi connectivity index (χ0v) is 15.5. The molecule has 0 atom stereocenters. The molecule has 0 fully saturated rings. The topological polar surface area (TPSA) is 58.9 Å². The van der Waals surface area contributed by atoms with Crippen LogP contribution in [0.15, 0.2) is 28.7 Å². The summed E-state index contributed by atoms with van der Waals surface area (Å²) >= 11 is 3.46. The first kappa shape index (κ1) is 17.2. The lowest BCUT2D eigenvalue weighted by molar-refractivity contribution is 0.0947. The van der Waals surface area contributed by atoms with Gasteiger partial charge in [-0.3, -0.25) is 4.79 Å². The molecule has 128 valence electrons. The monoisotopic (exact) mass is 390 g/mol. The highest BCUT2D eigenvalue weighted by Gasteiger charge is 2.25. The maximum Gasteiger partial charge on any atom is 0.272 e. The molecule has 0 radical (unpaired) electrons. The smallest absolute Gasteiger partial charge is 0.272 e. The van der Waals surface area contributed by atoms with Crippen LogP contribution in [0.4, 0.5) is 0 Å². The number of nitrogens with zero attached hydrogens (tertiary/aromatic N) is 2. The number of aromatic nitrogens is 2. The minimum Gasteiger partial charge on any atom is -0.351 e. The predicted octanol–water partition coefficient (Wildman–Crippen LogP) is 2.85. The molecule has 0 saturated carbocycles. The van der Waals surface area contributed by atoms with Crippen molar-refractivity contribution in [3.8, 4) is 5.69 Å². The molecule has 1 aliphatic rings. The van der Waals surface area contributed by atoms with E-state index in [9.17, 15) is 4.79 Å². The Labute approximate surface area is 151 Å². The van der Waals surface area contributed by atoms with Gasteiger partial charge >= 0.3 is 0 Å². The van der Waals surface area contributed by atoms with Crippen molar-refractivity contribution in [1.82, 2.24) is 20.4 Å².